The lowest BCUT2D eigenvalue weighted by atomic mass is 10.2. The molecule has 0 spiro atoms. The maximum Gasteiger partial charge on any atom is 0.264 e. The summed E-state index contributed by atoms with van der Waals surface area (Å²) in [5.41, 5.74) is 0.665. The Labute approximate surface area is 169 Å². The van der Waals surface area contributed by atoms with Crippen molar-refractivity contribution in [3.63, 3.8) is 0 Å². The molecule has 8 heteroatoms. The number of hydrogen-bond acceptors (Lipinski definition) is 6. The standard InChI is InChI=1S/C20H25N5O2S/c1-23-9-11-24(12-10-23)18-7-6-15(14-21-18)22-19(26)16-4-2-8-25(16)20(27)17-5-3-13-28-17/h3,5-7,13-14,16H,2,4,8-12H2,1H3,(H,22,26)/t16-/m0/s1. The first kappa shape index (κ1) is 18.9. The Morgan fingerprint density at radius 3 is 2.64 bits per heavy atom. The smallest absolute Gasteiger partial charge is 0.264 e. The van der Waals surface area contributed by atoms with Crippen molar-refractivity contribution in [2.75, 3.05) is 50.0 Å². The van der Waals surface area contributed by atoms with Crippen LogP contribution in [0.4, 0.5) is 11.5 Å². The Hall–Kier alpha value is -2.45. The molecule has 0 bridgehead atoms. The summed E-state index contributed by atoms with van der Waals surface area (Å²) in [5, 5.41) is 4.81. The van der Waals surface area contributed by atoms with Gasteiger partial charge in [-0.05, 0) is 43.5 Å². The molecule has 0 radical (unpaired) electrons. The van der Waals surface area contributed by atoms with Crippen LogP contribution in [0.1, 0.15) is 22.5 Å². The highest BCUT2D eigenvalue weighted by Crippen LogP contribution is 2.24. The Bertz CT molecular complexity index is 816. The molecule has 2 aliphatic heterocycles. The summed E-state index contributed by atoms with van der Waals surface area (Å²) in [6.07, 6.45) is 3.23. The monoisotopic (exact) mass is 399 g/mol. The molecule has 0 saturated carbocycles. The van der Waals surface area contributed by atoms with Crippen molar-refractivity contribution in [2.45, 2.75) is 18.9 Å². The van der Waals surface area contributed by atoms with Gasteiger partial charge in [0.1, 0.15) is 11.9 Å². The number of likely N-dealkylation sites (tertiary alicyclic amines) is 1. The highest BCUT2D eigenvalue weighted by molar-refractivity contribution is 7.12. The number of pyridine rings is 1. The van der Waals surface area contributed by atoms with E-state index in [2.05, 4.69) is 27.1 Å². The number of rotatable bonds is 4. The molecular formula is C20H25N5O2S. The van der Waals surface area contributed by atoms with Gasteiger partial charge in [-0.25, -0.2) is 4.98 Å². The number of anilines is 2. The van der Waals surface area contributed by atoms with Crippen LogP contribution in [0.3, 0.4) is 0 Å². The Kier molecular flexibility index (Phi) is 5.59. The highest BCUT2D eigenvalue weighted by Gasteiger charge is 2.35. The maximum absolute atomic E-state index is 12.8. The number of nitrogens with zero attached hydrogens (tertiary/aromatic N) is 4. The zero-order valence-corrected chi connectivity index (χ0v) is 16.8. The molecule has 28 heavy (non-hydrogen) atoms. The molecule has 0 unspecified atom stereocenters. The fourth-order valence-corrected chi connectivity index (χ4v) is 4.41. The van der Waals surface area contributed by atoms with Gasteiger partial charge < -0.3 is 20.0 Å². The lowest BCUT2D eigenvalue weighted by molar-refractivity contribution is -0.119. The fraction of sp³-hybridized carbons (Fsp3) is 0.450. The molecule has 148 valence electrons. The van der Waals surface area contributed by atoms with Crippen LogP contribution in [-0.2, 0) is 4.79 Å². The van der Waals surface area contributed by atoms with Gasteiger partial charge in [0.05, 0.1) is 16.8 Å². The van der Waals surface area contributed by atoms with Gasteiger partial charge in [0, 0.05) is 32.7 Å². The van der Waals surface area contributed by atoms with Gasteiger partial charge in [-0.1, -0.05) is 6.07 Å². The topological polar surface area (TPSA) is 68.8 Å². The summed E-state index contributed by atoms with van der Waals surface area (Å²) < 4.78 is 0. The van der Waals surface area contributed by atoms with E-state index in [9.17, 15) is 9.59 Å². The number of aromatic nitrogens is 1. The predicted molar refractivity (Wildman–Crippen MR) is 111 cm³/mol. The Balaban J connectivity index is 1.38. The molecule has 0 aliphatic carbocycles. The molecule has 0 aromatic carbocycles. The summed E-state index contributed by atoms with van der Waals surface area (Å²) in [6.45, 7) is 4.58. The summed E-state index contributed by atoms with van der Waals surface area (Å²) in [4.78, 5) is 36.9. The van der Waals surface area contributed by atoms with E-state index in [1.807, 2.05) is 23.6 Å². The van der Waals surface area contributed by atoms with Crippen LogP contribution in [-0.4, -0.2) is 72.4 Å². The molecule has 2 amide bonds. The van der Waals surface area contributed by atoms with Crippen molar-refractivity contribution < 1.29 is 9.59 Å². The van der Waals surface area contributed by atoms with Gasteiger partial charge in [0.2, 0.25) is 5.91 Å². The number of piperazine rings is 1. The van der Waals surface area contributed by atoms with Crippen molar-refractivity contribution in [3.8, 4) is 0 Å². The average molecular weight is 400 g/mol. The molecule has 2 fully saturated rings. The second-order valence-electron chi connectivity index (χ2n) is 7.32. The van der Waals surface area contributed by atoms with Crippen LogP contribution in [0.25, 0.3) is 0 Å². The maximum atomic E-state index is 12.8. The average Bonchev–Trinajstić information content (AvgIpc) is 3.41. The first-order valence-electron chi connectivity index (χ1n) is 9.67. The van der Waals surface area contributed by atoms with Crippen molar-refractivity contribution in [1.82, 2.24) is 14.8 Å². The zero-order valence-electron chi connectivity index (χ0n) is 16.0. The third-order valence-corrected chi connectivity index (χ3v) is 6.25. The Morgan fingerprint density at radius 2 is 1.96 bits per heavy atom. The molecular weight excluding hydrogens is 374 g/mol. The van der Waals surface area contributed by atoms with Crippen molar-refractivity contribution in [1.29, 1.82) is 0 Å². The quantitative estimate of drug-likeness (QED) is 0.853. The van der Waals surface area contributed by atoms with E-state index < -0.39 is 6.04 Å². The van der Waals surface area contributed by atoms with Crippen LogP contribution in [0.15, 0.2) is 35.8 Å². The van der Waals surface area contributed by atoms with Crippen LogP contribution in [0.5, 0.6) is 0 Å². The summed E-state index contributed by atoms with van der Waals surface area (Å²) >= 11 is 1.41. The molecule has 2 saturated heterocycles. The normalized spacial score (nSPS) is 20.4. The van der Waals surface area contributed by atoms with Gasteiger partial charge in [-0.3, -0.25) is 9.59 Å². The minimum Gasteiger partial charge on any atom is -0.354 e. The van der Waals surface area contributed by atoms with E-state index >= 15 is 0 Å². The van der Waals surface area contributed by atoms with Crippen LogP contribution in [0, 0.1) is 0 Å². The lowest BCUT2D eigenvalue weighted by Crippen LogP contribution is -2.44. The van der Waals surface area contributed by atoms with E-state index in [1.165, 1.54) is 11.3 Å². The number of nitrogens with one attached hydrogen (secondary N) is 1. The third kappa shape index (κ3) is 4.02. The molecule has 2 aromatic heterocycles. The van der Waals surface area contributed by atoms with E-state index in [4.69, 9.17) is 0 Å². The first-order chi connectivity index (χ1) is 13.6. The minimum atomic E-state index is -0.424. The molecule has 1 atom stereocenters. The summed E-state index contributed by atoms with van der Waals surface area (Å²) in [7, 11) is 2.12. The minimum absolute atomic E-state index is 0.0591. The van der Waals surface area contributed by atoms with E-state index in [-0.39, 0.29) is 11.8 Å². The molecule has 4 heterocycles. The van der Waals surface area contributed by atoms with Crippen LogP contribution >= 0.6 is 11.3 Å². The molecule has 2 aromatic rings. The second-order valence-corrected chi connectivity index (χ2v) is 8.27. The van der Waals surface area contributed by atoms with Crippen molar-refractivity contribution >= 4 is 34.7 Å². The molecule has 7 nitrogen and oxygen atoms in total. The number of carbonyl (C=O) groups is 2. The lowest BCUT2D eigenvalue weighted by Gasteiger charge is -2.33. The van der Waals surface area contributed by atoms with Crippen LogP contribution in [0.2, 0.25) is 0 Å². The molecule has 2 aliphatic rings. The van der Waals surface area contributed by atoms with Gasteiger partial charge in [0.25, 0.3) is 5.91 Å². The fourth-order valence-electron chi connectivity index (χ4n) is 3.73. The van der Waals surface area contributed by atoms with Gasteiger partial charge >= 0.3 is 0 Å². The summed E-state index contributed by atoms with van der Waals surface area (Å²) in [5.74, 6) is 0.731. The van der Waals surface area contributed by atoms with Crippen molar-refractivity contribution in [3.05, 3.63) is 40.7 Å². The van der Waals surface area contributed by atoms with Gasteiger partial charge in [0.15, 0.2) is 0 Å². The second kappa shape index (κ2) is 8.28. The van der Waals surface area contributed by atoms with E-state index in [1.54, 1.807) is 17.2 Å². The van der Waals surface area contributed by atoms with E-state index in [0.29, 0.717) is 23.5 Å². The first-order valence-corrected chi connectivity index (χ1v) is 10.5. The molecule has 4 rings (SSSR count). The SMILES string of the molecule is CN1CCN(c2ccc(NC(=O)[C@@H]3CCCN3C(=O)c3cccs3)cn2)CC1. The predicted octanol–water partition coefficient (Wildman–Crippen LogP) is 2.14. The summed E-state index contributed by atoms with van der Waals surface area (Å²) in [6, 6.07) is 7.08. The highest BCUT2D eigenvalue weighted by atomic mass is 32.1. The Morgan fingerprint density at radius 1 is 1.14 bits per heavy atom. The molecule has 1 N–H and O–H groups in total. The van der Waals surface area contributed by atoms with Gasteiger partial charge in [-0.15, -0.1) is 11.3 Å². The number of thiophene rings is 1. The number of amides is 2. The zero-order chi connectivity index (χ0) is 19.5. The van der Waals surface area contributed by atoms with Gasteiger partial charge in [-0.2, -0.15) is 0 Å². The van der Waals surface area contributed by atoms with Crippen LogP contribution < -0.4 is 10.2 Å². The largest absolute Gasteiger partial charge is 0.354 e. The van der Waals surface area contributed by atoms with E-state index in [0.717, 1.165) is 38.4 Å². The van der Waals surface area contributed by atoms with Crippen molar-refractivity contribution in [2.24, 2.45) is 0 Å². The third-order valence-electron chi connectivity index (χ3n) is 5.39. The number of likely N-dealkylation sites (N-methyl/N-ethyl adjacent to an activating group) is 1. The number of hydrogen-bond donors (Lipinski definition) is 1. The number of carbonyl (C=O) groups excluding carboxylic acids is 2.